The first-order valence-electron chi connectivity index (χ1n) is 7.28. The SMILES string of the molecule is COc1cc(C=O)c2cc(CNc3ccc(F)cc3)oc2c1OC. The van der Waals surface area contributed by atoms with Crippen molar-refractivity contribution in [1.29, 1.82) is 0 Å². The van der Waals surface area contributed by atoms with Crippen LogP contribution in [0.25, 0.3) is 11.0 Å². The summed E-state index contributed by atoms with van der Waals surface area (Å²) in [6, 6.07) is 9.41. The van der Waals surface area contributed by atoms with E-state index in [4.69, 9.17) is 13.9 Å². The summed E-state index contributed by atoms with van der Waals surface area (Å²) in [7, 11) is 3.01. The number of carbonyl (C=O) groups is 1. The lowest BCUT2D eigenvalue weighted by Crippen LogP contribution is -1.97. The van der Waals surface area contributed by atoms with Crippen molar-refractivity contribution in [2.75, 3.05) is 19.5 Å². The minimum atomic E-state index is -0.295. The molecular weight excluding hydrogens is 313 g/mol. The van der Waals surface area contributed by atoms with Crippen LogP contribution in [0.15, 0.2) is 40.8 Å². The molecule has 0 spiro atoms. The van der Waals surface area contributed by atoms with Crippen molar-refractivity contribution in [3.05, 3.63) is 53.5 Å². The van der Waals surface area contributed by atoms with Gasteiger partial charge in [0.25, 0.3) is 0 Å². The van der Waals surface area contributed by atoms with Crippen molar-refractivity contribution < 1.29 is 23.1 Å². The van der Waals surface area contributed by atoms with Crippen LogP contribution >= 0.6 is 0 Å². The molecule has 0 saturated carbocycles. The van der Waals surface area contributed by atoms with Crippen LogP contribution in [0.2, 0.25) is 0 Å². The third-order valence-electron chi connectivity index (χ3n) is 3.67. The second-order valence-electron chi connectivity index (χ2n) is 5.14. The van der Waals surface area contributed by atoms with E-state index in [0.29, 0.717) is 40.3 Å². The van der Waals surface area contributed by atoms with Crippen LogP contribution in [0.4, 0.5) is 10.1 Å². The molecule has 3 rings (SSSR count). The first-order valence-corrected chi connectivity index (χ1v) is 7.28. The summed E-state index contributed by atoms with van der Waals surface area (Å²) >= 11 is 0. The molecule has 0 fully saturated rings. The monoisotopic (exact) mass is 329 g/mol. The molecule has 6 heteroatoms. The molecule has 124 valence electrons. The van der Waals surface area contributed by atoms with Crippen LogP contribution in [-0.4, -0.2) is 20.5 Å². The Labute approximate surface area is 138 Å². The number of carbonyl (C=O) groups excluding carboxylic acids is 1. The minimum absolute atomic E-state index is 0.295. The first kappa shape index (κ1) is 15.9. The summed E-state index contributed by atoms with van der Waals surface area (Å²) in [6.07, 6.45) is 0.747. The number of anilines is 1. The Balaban J connectivity index is 1.95. The Bertz CT molecular complexity index is 871. The molecule has 0 aliphatic heterocycles. The quantitative estimate of drug-likeness (QED) is 0.692. The minimum Gasteiger partial charge on any atom is -0.493 e. The van der Waals surface area contributed by atoms with Gasteiger partial charge in [-0.1, -0.05) is 0 Å². The van der Waals surface area contributed by atoms with Gasteiger partial charge in [0.15, 0.2) is 17.6 Å². The standard InChI is InChI=1S/C18H16FNO4/c1-22-16-7-11(10-21)15-8-14(24-17(15)18(16)23-2)9-20-13-5-3-12(19)4-6-13/h3-8,10,20H,9H2,1-2H3. The maximum Gasteiger partial charge on any atom is 0.204 e. The average Bonchev–Trinajstić information content (AvgIpc) is 3.03. The van der Waals surface area contributed by atoms with Crippen molar-refractivity contribution in [3.8, 4) is 11.5 Å². The molecule has 5 nitrogen and oxygen atoms in total. The second-order valence-corrected chi connectivity index (χ2v) is 5.14. The molecule has 3 aromatic rings. The number of methoxy groups -OCH3 is 2. The molecule has 2 aromatic carbocycles. The summed E-state index contributed by atoms with van der Waals surface area (Å²) in [5.74, 6) is 1.19. The molecule has 1 N–H and O–H groups in total. The molecule has 0 atom stereocenters. The maximum atomic E-state index is 12.9. The van der Waals surface area contributed by atoms with E-state index < -0.39 is 0 Å². The zero-order valence-electron chi connectivity index (χ0n) is 13.3. The molecule has 24 heavy (non-hydrogen) atoms. The van der Waals surface area contributed by atoms with Gasteiger partial charge in [-0.2, -0.15) is 0 Å². The highest BCUT2D eigenvalue weighted by atomic mass is 19.1. The lowest BCUT2D eigenvalue weighted by molar-refractivity contribution is 0.112. The number of hydrogen-bond donors (Lipinski definition) is 1. The number of rotatable bonds is 6. The van der Waals surface area contributed by atoms with Crippen molar-refractivity contribution in [2.24, 2.45) is 0 Å². The molecule has 0 saturated heterocycles. The number of fused-ring (bicyclic) bond motifs is 1. The molecule has 0 bridgehead atoms. The van der Waals surface area contributed by atoms with Gasteiger partial charge in [-0.3, -0.25) is 4.79 Å². The van der Waals surface area contributed by atoms with E-state index in [9.17, 15) is 9.18 Å². The van der Waals surface area contributed by atoms with Gasteiger partial charge in [-0.25, -0.2) is 4.39 Å². The van der Waals surface area contributed by atoms with E-state index in [2.05, 4.69) is 5.32 Å². The van der Waals surface area contributed by atoms with Gasteiger partial charge in [0.1, 0.15) is 11.6 Å². The summed E-state index contributed by atoms with van der Waals surface area (Å²) in [5.41, 5.74) is 1.67. The van der Waals surface area contributed by atoms with E-state index in [0.717, 1.165) is 12.0 Å². The molecule has 0 aliphatic rings. The van der Waals surface area contributed by atoms with E-state index in [1.807, 2.05) is 0 Å². The largest absolute Gasteiger partial charge is 0.493 e. The van der Waals surface area contributed by atoms with Crippen LogP contribution in [-0.2, 0) is 6.54 Å². The Hall–Kier alpha value is -3.02. The van der Waals surface area contributed by atoms with Gasteiger partial charge in [-0.05, 0) is 36.4 Å². The Morgan fingerprint density at radius 3 is 2.54 bits per heavy atom. The van der Waals surface area contributed by atoms with Gasteiger partial charge in [0.2, 0.25) is 5.75 Å². The van der Waals surface area contributed by atoms with Crippen LogP contribution in [0.1, 0.15) is 16.1 Å². The predicted molar refractivity (Wildman–Crippen MR) is 88.4 cm³/mol. The van der Waals surface area contributed by atoms with Crippen LogP contribution in [0.3, 0.4) is 0 Å². The molecule has 0 aliphatic carbocycles. The third-order valence-corrected chi connectivity index (χ3v) is 3.67. The highest BCUT2D eigenvalue weighted by molar-refractivity contribution is 6.00. The van der Waals surface area contributed by atoms with E-state index in [-0.39, 0.29) is 5.82 Å². The van der Waals surface area contributed by atoms with Gasteiger partial charge >= 0.3 is 0 Å². The first-order chi connectivity index (χ1) is 11.7. The van der Waals surface area contributed by atoms with Crippen LogP contribution in [0.5, 0.6) is 11.5 Å². The lowest BCUT2D eigenvalue weighted by atomic mass is 10.1. The van der Waals surface area contributed by atoms with Crippen molar-refractivity contribution in [2.45, 2.75) is 6.54 Å². The number of furan rings is 1. The van der Waals surface area contributed by atoms with Crippen molar-refractivity contribution in [3.63, 3.8) is 0 Å². The summed E-state index contributed by atoms with van der Waals surface area (Å²) < 4.78 is 29.3. The molecular formula is C18H16FNO4. The van der Waals surface area contributed by atoms with Crippen molar-refractivity contribution >= 4 is 22.9 Å². The number of halogens is 1. The molecule has 1 aromatic heterocycles. The summed E-state index contributed by atoms with van der Waals surface area (Å²) in [6.45, 7) is 0.379. The number of benzene rings is 2. The molecule has 1 heterocycles. The predicted octanol–water partition coefficient (Wildman–Crippen LogP) is 4.01. The van der Waals surface area contributed by atoms with E-state index in [1.165, 1.54) is 26.4 Å². The topological polar surface area (TPSA) is 60.7 Å². The second kappa shape index (κ2) is 6.62. The zero-order valence-corrected chi connectivity index (χ0v) is 13.3. The Kier molecular flexibility index (Phi) is 4.37. The maximum absolute atomic E-state index is 12.9. The Morgan fingerprint density at radius 1 is 1.17 bits per heavy atom. The number of hydrogen-bond acceptors (Lipinski definition) is 5. The fraction of sp³-hybridized carbons (Fsp3) is 0.167. The fourth-order valence-corrected chi connectivity index (χ4v) is 2.51. The van der Waals surface area contributed by atoms with Crippen molar-refractivity contribution in [1.82, 2.24) is 0 Å². The van der Waals surface area contributed by atoms with E-state index >= 15 is 0 Å². The summed E-state index contributed by atoms with van der Waals surface area (Å²) in [4.78, 5) is 11.3. The van der Waals surface area contributed by atoms with Crippen LogP contribution < -0.4 is 14.8 Å². The van der Waals surface area contributed by atoms with Crippen LogP contribution in [0, 0.1) is 5.82 Å². The summed E-state index contributed by atoms with van der Waals surface area (Å²) in [5, 5.41) is 3.78. The van der Waals surface area contributed by atoms with Gasteiger partial charge in [-0.15, -0.1) is 0 Å². The fourth-order valence-electron chi connectivity index (χ4n) is 2.51. The van der Waals surface area contributed by atoms with Gasteiger partial charge in [0.05, 0.1) is 20.8 Å². The number of ether oxygens (including phenoxy) is 2. The molecule has 0 radical (unpaired) electrons. The molecule has 0 unspecified atom stereocenters. The van der Waals surface area contributed by atoms with Gasteiger partial charge < -0.3 is 19.2 Å². The third kappa shape index (κ3) is 2.90. The zero-order chi connectivity index (χ0) is 17.1. The smallest absolute Gasteiger partial charge is 0.204 e. The molecule has 0 amide bonds. The highest BCUT2D eigenvalue weighted by Crippen LogP contribution is 2.39. The lowest BCUT2D eigenvalue weighted by Gasteiger charge is -2.08. The number of aldehydes is 1. The highest BCUT2D eigenvalue weighted by Gasteiger charge is 2.18. The number of nitrogens with one attached hydrogen (secondary N) is 1. The normalized spacial score (nSPS) is 10.6. The Morgan fingerprint density at radius 2 is 1.92 bits per heavy atom. The van der Waals surface area contributed by atoms with Gasteiger partial charge in [0, 0.05) is 16.6 Å². The van der Waals surface area contributed by atoms with E-state index in [1.54, 1.807) is 24.3 Å². The average molecular weight is 329 g/mol.